The van der Waals surface area contributed by atoms with Crippen LogP contribution in [0.5, 0.6) is 5.75 Å². The third-order valence-electron chi connectivity index (χ3n) is 4.87. The topological polar surface area (TPSA) is 12.5 Å². The van der Waals surface area contributed by atoms with E-state index in [4.69, 9.17) is 4.74 Å². The summed E-state index contributed by atoms with van der Waals surface area (Å²) in [6.45, 7) is 6.57. The number of fused-ring (bicyclic) bond motifs is 1. The summed E-state index contributed by atoms with van der Waals surface area (Å²) in [6.07, 6.45) is 6.33. The van der Waals surface area contributed by atoms with Crippen molar-refractivity contribution < 1.29 is 4.74 Å². The van der Waals surface area contributed by atoms with Crippen LogP contribution >= 0.6 is 0 Å². The molecular formula is C18H26NO. The fourth-order valence-electron chi connectivity index (χ4n) is 3.37. The minimum absolute atomic E-state index is 0.547. The molecule has 0 saturated carbocycles. The van der Waals surface area contributed by atoms with Crippen molar-refractivity contribution in [1.29, 1.82) is 0 Å². The van der Waals surface area contributed by atoms with Gasteiger partial charge in [-0.3, -0.25) is 4.90 Å². The molecule has 1 fully saturated rings. The Labute approximate surface area is 123 Å². The Kier molecular flexibility index (Phi) is 4.02. The first-order valence-electron chi connectivity index (χ1n) is 7.97. The number of benzene rings is 1. The molecule has 0 N–H and O–H groups in total. The first kappa shape index (κ1) is 13.9. The van der Waals surface area contributed by atoms with Gasteiger partial charge in [-0.25, -0.2) is 0 Å². The van der Waals surface area contributed by atoms with Crippen LogP contribution in [0.3, 0.4) is 0 Å². The largest absolute Gasteiger partial charge is 0.493 e. The molecule has 1 aromatic rings. The lowest BCUT2D eigenvalue weighted by atomic mass is 9.86. The van der Waals surface area contributed by atoms with Crippen LogP contribution in [0.4, 0.5) is 0 Å². The number of rotatable bonds is 2. The molecule has 109 valence electrons. The fraction of sp³-hybridized carbons (Fsp3) is 0.611. The van der Waals surface area contributed by atoms with Crippen LogP contribution in [0.15, 0.2) is 18.2 Å². The van der Waals surface area contributed by atoms with E-state index in [1.807, 2.05) is 0 Å². The molecule has 2 nitrogen and oxygen atoms in total. The molecule has 3 rings (SSSR count). The summed E-state index contributed by atoms with van der Waals surface area (Å²) >= 11 is 0. The summed E-state index contributed by atoms with van der Waals surface area (Å²) in [7, 11) is 2.24. The molecule has 0 bridgehead atoms. The Morgan fingerprint density at radius 3 is 2.85 bits per heavy atom. The van der Waals surface area contributed by atoms with Gasteiger partial charge in [-0.05, 0) is 49.5 Å². The third-order valence-corrected chi connectivity index (χ3v) is 4.87. The molecule has 0 aliphatic carbocycles. The van der Waals surface area contributed by atoms with E-state index in [1.54, 1.807) is 0 Å². The van der Waals surface area contributed by atoms with Crippen molar-refractivity contribution in [2.75, 3.05) is 20.2 Å². The fourth-order valence-corrected chi connectivity index (χ4v) is 3.37. The number of hydrogen-bond donors (Lipinski definition) is 0. The summed E-state index contributed by atoms with van der Waals surface area (Å²) in [6, 6.07) is 7.39. The zero-order valence-corrected chi connectivity index (χ0v) is 12.9. The Balaban J connectivity index is 1.80. The van der Waals surface area contributed by atoms with Gasteiger partial charge in [-0.15, -0.1) is 0 Å². The van der Waals surface area contributed by atoms with Crippen molar-refractivity contribution in [2.24, 2.45) is 11.8 Å². The minimum atomic E-state index is 0.547. The van der Waals surface area contributed by atoms with Crippen LogP contribution in [0.25, 0.3) is 0 Å². The Hall–Kier alpha value is -1.02. The van der Waals surface area contributed by atoms with E-state index >= 15 is 0 Å². The second kappa shape index (κ2) is 5.77. The van der Waals surface area contributed by atoms with E-state index in [-0.39, 0.29) is 0 Å². The minimum Gasteiger partial charge on any atom is -0.493 e. The van der Waals surface area contributed by atoms with Crippen LogP contribution in [-0.4, -0.2) is 25.1 Å². The van der Waals surface area contributed by atoms with Gasteiger partial charge in [0.05, 0.1) is 6.61 Å². The van der Waals surface area contributed by atoms with Crippen LogP contribution in [0.1, 0.15) is 50.3 Å². The lowest BCUT2D eigenvalue weighted by Gasteiger charge is -2.34. The van der Waals surface area contributed by atoms with E-state index in [9.17, 15) is 0 Å². The molecule has 0 spiro atoms. The normalized spacial score (nSPS) is 27.2. The van der Waals surface area contributed by atoms with Gasteiger partial charge in [-0.2, -0.15) is 0 Å². The molecular weight excluding hydrogens is 246 g/mol. The van der Waals surface area contributed by atoms with E-state index in [0.717, 1.165) is 12.4 Å². The van der Waals surface area contributed by atoms with E-state index in [1.165, 1.54) is 36.9 Å². The van der Waals surface area contributed by atoms with Gasteiger partial charge in [0.25, 0.3) is 0 Å². The molecule has 2 heteroatoms. The first-order valence-corrected chi connectivity index (χ1v) is 7.97. The molecule has 1 saturated heterocycles. The van der Waals surface area contributed by atoms with Crippen LogP contribution in [0.2, 0.25) is 0 Å². The molecule has 1 aromatic carbocycles. The van der Waals surface area contributed by atoms with Gasteiger partial charge < -0.3 is 4.74 Å². The van der Waals surface area contributed by atoms with Crippen LogP contribution < -0.4 is 4.74 Å². The average Bonchev–Trinajstić information content (AvgIpc) is 2.46. The van der Waals surface area contributed by atoms with E-state index < -0.39 is 0 Å². The molecule has 1 radical (unpaired) electrons. The standard InChI is InChI=1S/C18H26NO/c1-13(2)16-10-15-8-7-14(11-18(15)20-12-16)17-6-4-5-9-19(17)3/h7-8,10-11,13,16-17H,4-6,9,12H2,1-3H3. The van der Waals surface area contributed by atoms with Crippen LogP contribution in [0, 0.1) is 18.3 Å². The number of nitrogens with zero attached hydrogens (tertiary/aromatic N) is 1. The maximum atomic E-state index is 6.01. The summed E-state index contributed by atoms with van der Waals surface area (Å²) in [5.41, 5.74) is 2.69. The SMILES string of the molecule is CC(C)C1[CH]c2ccc(C3CCCCN3C)cc2OC1. The van der Waals surface area contributed by atoms with Crippen molar-refractivity contribution in [2.45, 2.75) is 39.2 Å². The van der Waals surface area contributed by atoms with Gasteiger partial charge >= 0.3 is 0 Å². The van der Waals surface area contributed by atoms with Crippen molar-refractivity contribution in [3.05, 3.63) is 35.7 Å². The molecule has 2 aliphatic rings. The Morgan fingerprint density at radius 1 is 1.25 bits per heavy atom. The number of likely N-dealkylation sites (tertiary alicyclic amines) is 1. The van der Waals surface area contributed by atoms with Crippen molar-refractivity contribution in [3.63, 3.8) is 0 Å². The molecule has 2 atom stereocenters. The maximum Gasteiger partial charge on any atom is 0.123 e. The molecule has 0 aromatic heterocycles. The Bertz CT molecular complexity index is 468. The lowest BCUT2D eigenvalue weighted by Crippen LogP contribution is -2.30. The van der Waals surface area contributed by atoms with Gasteiger partial charge in [0.1, 0.15) is 5.75 Å². The molecule has 2 unspecified atom stereocenters. The molecule has 2 heterocycles. The zero-order valence-electron chi connectivity index (χ0n) is 12.9. The predicted molar refractivity (Wildman–Crippen MR) is 82.9 cm³/mol. The number of hydrogen-bond acceptors (Lipinski definition) is 2. The number of piperidine rings is 1. The van der Waals surface area contributed by atoms with Crippen LogP contribution in [-0.2, 0) is 0 Å². The quantitative estimate of drug-likeness (QED) is 0.805. The maximum absolute atomic E-state index is 6.01. The van der Waals surface area contributed by atoms with E-state index in [2.05, 4.69) is 50.4 Å². The lowest BCUT2D eigenvalue weighted by molar-refractivity contribution is 0.185. The summed E-state index contributed by atoms with van der Waals surface area (Å²) in [4.78, 5) is 2.48. The highest BCUT2D eigenvalue weighted by Gasteiger charge is 2.25. The first-order chi connectivity index (χ1) is 9.65. The van der Waals surface area contributed by atoms with E-state index in [0.29, 0.717) is 17.9 Å². The summed E-state index contributed by atoms with van der Waals surface area (Å²) < 4.78 is 6.01. The Morgan fingerprint density at radius 2 is 2.10 bits per heavy atom. The van der Waals surface area contributed by atoms with Crippen molar-refractivity contribution >= 4 is 0 Å². The molecule has 0 amide bonds. The monoisotopic (exact) mass is 272 g/mol. The third kappa shape index (κ3) is 2.71. The smallest absolute Gasteiger partial charge is 0.123 e. The van der Waals surface area contributed by atoms with Gasteiger partial charge in [0, 0.05) is 18.4 Å². The molecule has 2 aliphatic heterocycles. The second-order valence-electron chi connectivity index (χ2n) is 6.67. The predicted octanol–water partition coefficient (Wildman–Crippen LogP) is 4.06. The average molecular weight is 272 g/mol. The highest BCUT2D eigenvalue weighted by molar-refractivity contribution is 5.44. The highest BCUT2D eigenvalue weighted by Crippen LogP contribution is 2.37. The zero-order chi connectivity index (χ0) is 14.1. The molecule has 20 heavy (non-hydrogen) atoms. The second-order valence-corrected chi connectivity index (χ2v) is 6.67. The van der Waals surface area contributed by atoms with Crippen molar-refractivity contribution in [3.8, 4) is 5.75 Å². The summed E-state index contributed by atoms with van der Waals surface area (Å²) in [5, 5.41) is 0. The van der Waals surface area contributed by atoms with Gasteiger partial charge in [-0.1, -0.05) is 32.4 Å². The number of ether oxygens (including phenoxy) is 1. The summed E-state index contributed by atoms with van der Waals surface area (Å²) in [5.74, 6) is 2.27. The van der Waals surface area contributed by atoms with Gasteiger partial charge in [0.15, 0.2) is 0 Å². The van der Waals surface area contributed by atoms with Gasteiger partial charge in [0.2, 0.25) is 0 Å². The van der Waals surface area contributed by atoms with Crippen molar-refractivity contribution in [1.82, 2.24) is 4.90 Å². The highest BCUT2D eigenvalue weighted by atomic mass is 16.5.